The molecule has 1 aliphatic rings. The van der Waals surface area contributed by atoms with Gasteiger partial charge in [0.15, 0.2) is 5.69 Å². The molecule has 3 N–H and O–H groups in total. The Balaban J connectivity index is 2.29. The molecule has 2 rings (SSSR count). The minimum atomic E-state index is -0.373. The van der Waals surface area contributed by atoms with Crippen LogP contribution in [-0.2, 0) is 6.54 Å². The van der Waals surface area contributed by atoms with E-state index in [1.165, 1.54) is 4.90 Å². The van der Waals surface area contributed by atoms with E-state index in [9.17, 15) is 9.90 Å². The monoisotopic (exact) mass is 238 g/mol. The Hall–Kier alpha value is -1.40. The fourth-order valence-corrected chi connectivity index (χ4v) is 1.96. The lowest BCUT2D eigenvalue weighted by Crippen LogP contribution is -2.35. The molecule has 94 valence electrons. The zero-order chi connectivity index (χ0) is 12.6. The highest BCUT2D eigenvalue weighted by molar-refractivity contribution is 5.92. The zero-order valence-electron chi connectivity index (χ0n) is 10.1. The van der Waals surface area contributed by atoms with Crippen LogP contribution in [0.15, 0.2) is 6.07 Å². The van der Waals surface area contributed by atoms with Crippen LogP contribution in [0, 0.1) is 0 Å². The van der Waals surface area contributed by atoms with Crippen molar-refractivity contribution in [2.24, 2.45) is 5.73 Å². The molecule has 1 saturated carbocycles. The number of hydrogen-bond donors (Lipinski definition) is 2. The zero-order valence-corrected chi connectivity index (χ0v) is 10.1. The van der Waals surface area contributed by atoms with Gasteiger partial charge >= 0.3 is 0 Å². The van der Waals surface area contributed by atoms with E-state index in [0.717, 1.165) is 18.5 Å². The molecule has 0 radical (unpaired) electrons. The Kier molecular flexibility index (Phi) is 3.17. The second kappa shape index (κ2) is 4.46. The van der Waals surface area contributed by atoms with Gasteiger partial charge in [0.25, 0.3) is 5.91 Å². The summed E-state index contributed by atoms with van der Waals surface area (Å²) in [5, 5.41) is 13.9. The number of amides is 1. The first kappa shape index (κ1) is 12.1. The maximum Gasteiger partial charge on any atom is 0.273 e. The van der Waals surface area contributed by atoms with Crippen molar-refractivity contribution >= 4 is 5.91 Å². The van der Waals surface area contributed by atoms with Crippen molar-refractivity contribution in [2.75, 3.05) is 14.1 Å². The third-order valence-corrected chi connectivity index (χ3v) is 3.16. The summed E-state index contributed by atoms with van der Waals surface area (Å²) in [5.41, 5.74) is 6.81. The molecule has 0 bridgehead atoms. The number of aliphatic hydroxyl groups excluding tert-OH is 1. The van der Waals surface area contributed by atoms with E-state index in [0.29, 0.717) is 12.2 Å². The first-order valence-corrected chi connectivity index (χ1v) is 5.72. The van der Waals surface area contributed by atoms with Gasteiger partial charge in [-0.3, -0.25) is 9.48 Å². The maximum absolute atomic E-state index is 11.8. The summed E-state index contributed by atoms with van der Waals surface area (Å²) in [6, 6.07) is 1.67. The predicted octanol–water partition coefficient (Wildman–Crippen LogP) is -0.261. The lowest BCUT2D eigenvalue weighted by molar-refractivity contribution is 0.0236. The van der Waals surface area contributed by atoms with Crippen LogP contribution in [0.2, 0.25) is 0 Å². The molecule has 6 nitrogen and oxygen atoms in total. The molecule has 2 atom stereocenters. The van der Waals surface area contributed by atoms with Gasteiger partial charge in [-0.25, -0.2) is 0 Å². The molecule has 1 aliphatic carbocycles. The summed E-state index contributed by atoms with van der Waals surface area (Å²) >= 11 is 0. The van der Waals surface area contributed by atoms with E-state index < -0.39 is 0 Å². The SMILES string of the molecule is CN(C)C(=O)c1cc(CN)n(C2CCC2O)n1. The highest BCUT2D eigenvalue weighted by Crippen LogP contribution is 2.32. The van der Waals surface area contributed by atoms with Gasteiger partial charge in [-0.2, -0.15) is 5.10 Å². The number of carbonyl (C=O) groups is 1. The van der Waals surface area contributed by atoms with Gasteiger partial charge in [-0.05, 0) is 18.9 Å². The molecule has 17 heavy (non-hydrogen) atoms. The van der Waals surface area contributed by atoms with Crippen molar-refractivity contribution in [3.8, 4) is 0 Å². The number of rotatable bonds is 3. The van der Waals surface area contributed by atoms with Crippen LogP contribution in [0.5, 0.6) is 0 Å². The number of aliphatic hydroxyl groups is 1. The molecule has 1 aromatic heterocycles. The van der Waals surface area contributed by atoms with Crippen molar-refractivity contribution in [2.45, 2.75) is 31.5 Å². The van der Waals surface area contributed by atoms with Crippen LogP contribution in [0.1, 0.15) is 35.1 Å². The average Bonchev–Trinajstić information content (AvgIpc) is 2.69. The van der Waals surface area contributed by atoms with Crippen LogP contribution in [0.25, 0.3) is 0 Å². The minimum absolute atomic E-state index is 0.0303. The molecular formula is C11H18N4O2. The van der Waals surface area contributed by atoms with Crippen molar-refractivity contribution in [3.63, 3.8) is 0 Å². The van der Waals surface area contributed by atoms with Gasteiger partial charge in [-0.1, -0.05) is 0 Å². The van der Waals surface area contributed by atoms with Crippen LogP contribution in [-0.4, -0.2) is 45.9 Å². The van der Waals surface area contributed by atoms with Crippen molar-refractivity contribution in [3.05, 3.63) is 17.5 Å². The lowest BCUT2D eigenvalue weighted by Gasteiger charge is -2.33. The molecule has 0 aliphatic heterocycles. The fraction of sp³-hybridized carbons (Fsp3) is 0.636. The van der Waals surface area contributed by atoms with Crippen molar-refractivity contribution < 1.29 is 9.90 Å². The van der Waals surface area contributed by atoms with Crippen LogP contribution >= 0.6 is 0 Å². The van der Waals surface area contributed by atoms with E-state index >= 15 is 0 Å². The second-order valence-corrected chi connectivity index (χ2v) is 4.58. The van der Waals surface area contributed by atoms with Crippen molar-refractivity contribution in [1.82, 2.24) is 14.7 Å². The van der Waals surface area contributed by atoms with Crippen LogP contribution in [0.4, 0.5) is 0 Å². The van der Waals surface area contributed by atoms with E-state index in [4.69, 9.17) is 5.73 Å². The number of carbonyl (C=O) groups excluding carboxylic acids is 1. The Morgan fingerprint density at radius 3 is 2.76 bits per heavy atom. The topological polar surface area (TPSA) is 84.4 Å². The number of nitrogens with zero attached hydrogens (tertiary/aromatic N) is 3. The Labute approximate surface area is 100 Å². The first-order valence-electron chi connectivity index (χ1n) is 5.72. The summed E-state index contributed by atoms with van der Waals surface area (Å²) in [6.45, 7) is 0.316. The molecule has 1 fully saturated rings. The van der Waals surface area contributed by atoms with Gasteiger partial charge < -0.3 is 15.7 Å². The van der Waals surface area contributed by atoms with Gasteiger partial charge in [0, 0.05) is 20.6 Å². The van der Waals surface area contributed by atoms with Crippen molar-refractivity contribution in [1.29, 1.82) is 0 Å². The first-order chi connectivity index (χ1) is 8.04. The predicted molar refractivity (Wildman–Crippen MR) is 62.4 cm³/mol. The molecule has 6 heteroatoms. The normalized spacial score (nSPS) is 23.3. The molecule has 0 aromatic carbocycles. The lowest BCUT2D eigenvalue weighted by atomic mass is 9.89. The Morgan fingerprint density at radius 2 is 2.35 bits per heavy atom. The minimum Gasteiger partial charge on any atom is -0.391 e. The molecule has 1 amide bonds. The largest absolute Gasteiger partial charge is 0.391 e. The molecule has 1 aromatic rings. The summed E-state index contributed by atoms with van der Waals surface area (Å²) in [7, 11) is 3.36. The van der Waals surface area contributed by atoms with E-state index in [1.54, 1.807) is 24.8 Å². The van der Waals surface area contributed by atoms with Crippen LogP contribution in [0.3, 0.4) is 0 Å². The highest BCUT2D eigenvalue weighted by Gasteiger charge is 2.33. The number of hydrogen-bond acceptors (Lipinski definition) is 4. The van der Waals surface area contributed by atoms with Gasteiger partial charge in [0.05, 0.1) is 17.8 Å². The van der Waals surface area contributed by atoms with E-state index in [2.05, 4.69) is 5.10 Å². The second-order valence-electron chi connectivity index (χ2n) is 4.58. The van der Waals surface area contributed by atoms with Gasteiger partial charge in [0.2, 0.25) is 0 Å². The fourth-order valence-electron chi connectivity index (χ4n) is 1.96. The maximum atomic E-state index is 11.8. The van der Waals surface area contributed by atoms with Gasteiger partial charge in [-0.15, -0.1) is 0 Å². The standard InChI is InChI=1S/C11H18N4O2/c1-14(2)11(17)8-5-7(6-12)15(13-8)9-3-4-10(9)16/h5,9-10,16H,3-4,6,12H2,1-2H3. The van der Waals surface area contributed by atoms with E-state index in [1.807, 2.05) is 0 Å². The quantitative estimate of drug-likeness (QED) is 0.760. The molecule has 0 spiro atoms. The number of aromatic nitrogens is 2. The molecular weight excluding hydrogens is 220 g/mol. The van der Waals surface area contributed by atoms with Gasteiger partial charge in [0.1, 0.15) is 0 Å². The Bertz CT molecular complexity index is 427. The third kappa shape index (κ3) is 2.05. The third-order valence-electron chi connectivity index (χ3n) is 3.16. The summed E-state index contributed by atoms with van der Waals surface area (Å²) in [4.78, 5) is 13.3. The smallest absolute Gasteiger partial charge is 0.273 e. The average molecular weight is 238 g/mol. The highest BCUT2D eigenvalue weighted by atomic mass is 16.3. The molecule has 2 unspecified atom stereocenters. The molecule has 1 heterocycles. The van der Waals surface area contributed by atoms with Crippen LogP contribution < -0.4 is 5.73 Å². The summed E-state index contributed by atoms with van der Waals surface area (Å²) in [6.07, 6.45) is 1.29. The number of nitrogens with two attached hydrogens (primary N) is 1. The summed E-state index contributed by atoms with van der Waals surface area (Å²) < 4.78 is 1.70. The summed E-state index contributed by atoms with van der Waals surface area (Å²) in [5.74, 6) is -0.146. The Morgan fingerprint density at radius 1 is 1.65 bits per heavy atom. The molecule has 0 saturated heterocycles. The van der Waals surface area contributed by atoms with E-state index in [-0.39, 0.29) is 18.1 Å².